The molecule has 0 aliphatic carbocycles. The molecule has 0 radical (unpaired) electrons. The van der Waals surface area contributed by atoms with Crippen LogP contribution in [0.4, 0.5) is 5.69 Å². The molecule has 0 spiro atoms. The fraction of sp³-hybridized carbons (Fsp3) is 0.227. The number of halogens is 1. The third-order valence-corrected chi connectivity index (χ3v) is 4.77. The first-order valence-electron chi connectivity index (χ1n) is 9.16. The van der Waals surface area contributed by atoms with Gasteiger partial charge in [0.05, 0.1) is 12.8 Å². The van der Waals surface area contributed by atoms with Crippen LogP contribution in [0, 0.1) is 6.92 Å². The molecular weight excluding hydrogens is 390 g/mol. The van der Waals surface area contributed by atoms with E-state index >= 15 is 0 Å². The van der Waals surface area contributed by atoms with Gasteiger partial charge in [-0.1, -0.05) is 23.7 Å². The number of rotatable bonds is 6. The zero-order valence-corrected chi connectivity index (χ0v) is 17.2. The van der Waals surface area contributed by atoms with Crippen LogP contribution in [-0.2, 0) is 11.2 Å². The van der Waals surface area contributed by atoms with Crippen molar-refractivity contribution < 1.29 is 9.53 Å². The maximum absolute atomic E-state index is 13.0. The smallest absolute Gasteiger partial charge is 0.271 e. The van der Waals surface area contributed by atoms with Gasteiger partial charge >= 0.3 is 0 Å². The molecule has 0 unspecified atom stereocenters. The number of amides is 1. The summed E-state index contributed by atoms with van der Waals surface area (Å²) in [5.74, 6) is 0.393. The second-order valence-electron chi connectivity index (χ2n) is 6.76. The Morgan fingerprint density at radius 2 is 1.93 bits per heavy atom. The number of nitrogens with one attached hydrogen (secondary N) is 1. The lowest BCUT2D eigenvalue weighted by Crippen LogP contribution is -2.35. The number of hydrogen-bond donors (Lipinski definition) is 1. The van der Waals surface area contributed by atoms with Crippen molar-refractivity contribution >= 4 is 23.2 Å². The zero-order valence-electron chi connectivity index (χ0n) is 16.5. The molecule has 0 saturated heterocycles. The fourth-order valence-corrected chi connectivity index (χ4v) is 3.11. The number of ether oxygens (including phenoxy) is 1. The molecule has 1 heterocycles. The Hall–Kier alpha value is -3.12. The minimum atomic E-state index is -0.776. The molecule has 29 heavy (non-hydrogen) atoms. The molecule has 0 bridgehead atoms. The predicted molar refractivity (Wildman–Crippen MR) is 114 cm³/mol. The van der Waals surface area contributed by atoms with Crippen molar-refractivity contribution in [1.82, 2.24) is 9.78 Å². The van der Waals surface area contributed by atoms with E-state index in [1.165, 1.54) is 4.68 Å². The number of anilines is 1. The molecule has 3 rings (SSSR count). The van der Waals surface area contributed by atoms with Gasteiger partial charge in [0.2, 0.25) is 5.91 Å². The summed E-state index contributed by atoms with van der Waals surface area (Å²) < 4.78 is 6.48. The molecule has 0 saturated carbocycles. The highest BCUT2D eigenvalue weighted by Crippen LogP contribution is 2.17. The Labute approximate surface area is 174 Å². The summed E-state index contributed by atoms with van der Waals surface area (Å²) in [7, 11) is 1.60. The number of benzene rings is 2. The summed E-state index contributed by atoms with van der Waals surface area (Å²) >= 11 is 5.87. The van der Waals surface area contributed by atoms with Crippen LogP contribution < -0.4 is 15.6 Å². The van der Waals surface area contributed by atoms with Gasteiger partial charge in [0.1, 0.15) is 11.8 Å². The SMILES string of the molecule is COc1cccc(Cc2cc(C)nn([C@@H](C)C(=O)Nc3ccc(Cl)cc3)c2=O)c1. The van der Waals surface area contributed by atoms with Crippen LogP contribution in [0.15, 0.2) is 59.4 Å². The monoisotopic (exact) mass is 411 g/mol. The van der Waals surface area contributed by atoms with Crippen molar-refractivity contribution in [2.24, 2.45) is 0 Å². The number of carbonyl (C=O) groups excluding carboxylic acids is 1. The van der Waals surface area contributed by atoms with E-state index in [4.69, 9.17) is 16.3 Å². The molecule has 1 N–H and O–H groups in total. The molecule has 7 heteroatoms. The van der Waals surface area contributed by atoms with Gasteiger partial charge in [-0.05, 0) is 61.9 Å². The minimum Gasteiger partial charge on any atom is -0.497 e. The molecule has 0 aliphatic heterocycles. The summed E-state index contributed by atoms with van der Waals surface area (Å²) in [6.07, 6.45) is 0.422. The molecule has 1 aromatic heterocycles. The fourth-order valence-electron chi connectivity index (χ4n) is 2.99. The lowest BCUT2D eigenvalue weighted by Gasteiger charge is -2.16. The first-order valence-corrected chi connectivity index (χ1v) is 9.54. The topological polar surface area (TPSA) is 73.2 Å². The lowest BCUT2D eigenvalue weighted by molar-refractivity contribution is -0.119. The summed E-state index contributed by atoms with van der Waals surface area (Å²) in [5.41, 5.74) is 2.48. The highest BCUT2D eigenvalue weighted by molar-refractivity contribution is 6.30. The number of hydrogen-bond acceptors (Lipinski definition) is 4. The van der Waals surface area contributed by atoms with E-state index in [0.717, 1.165) is 11.3 Å². The van der Waals surface area contributed by atoms with Gasteiger partial charge in [0.15, 0.2) is 0 Å². The maximum Gasteiger partial charge on any atom is 0.271 e. The zero-order chi connectivity index (χ0) is 21.0. The van der Waals surface area contributed by atoms with Crippen molar-refractivity contribution in [3.63, 3.8) is 0 Å². The Kier molecular flexibility index (Phi) is 6.34. The third kappa shape index (κ3) is 5.03. The van der Waals surface area contributed by atoms with Gasteiger partial charge in [-0.25, -0.2) is 4.68 Å². The standard InChI is InChI=1S/C22H22ClN3O3/c1-14-11-17(12-16-5-4-6-20(13-16)29-3)22(28)26(25-14)15(2)21(27)24-19-9-7-18(23)8-10-19/h4-11,13,15H,12H2,1-3H3,(H,24,27)/t15-/m0/s1. The van der Waals surface area contributed by atoms with E-state index in [-0.39, 0.29) is 11.5 Å². The molecule has 6 nitrogen and oxygen atoms in total. The number of nitrogens with zero attached hydrogens (tertiary/aromatic N) is 2. The van der Waals surface area contributed by atoms with Gasteiger partial charge < -0.3 is 10.1 Å². The van der Waals surface area contributed by atoms with E-state index in [9.17, 15) is 9.59 Å². The van der Waals surface area contributed by atoms with E-state index in [1.807, 2.05) is 24.3 Å². The van der Waals surface area contributed by atoms with E-state index in [0.29, 0.717) is 28.4 Å². The Bertz CT molecular complexity index is 1080. The summed E-state index contributed by atoms with van der Waals surface area (Å²) in [6.45, 7) is 3.45. The van der Waals surface area contributed by atoms with Crippen LogP contribution in [0.3, 0.4) is 0 Å². The number of carbonyl (C=O) groups is 1. The molecule has 2 aromatic carbocycles. The van der Waals surface area contributed by atoms with Crippen molar-refractivity contribution in [3.8, 4) is 5.75 Å². The van der Waals surface area contributed by atoms with Crippen LogP contribution in [0.2, 0.25) is 5.02 Å². The van der Waals surface area contributed by atoms with Crippen molar-refractivity contribution in [2.45, 2.75) is 26.3 Å². The van der Waals surface area contributed by atoms with Crippen LogP contribution >= 0.6 is 11.6 Å². The Morgan fingerprint density at radius 3 is 2.62 bits per heavy atom. The van der Waals surface area contributed by atoms with Crippen molar-refractivity contribution in [3.05, 3.63) is 86.8 Å². The van der Waals surface area contributed by atoms with Crippen molar-refractivity contribution in [2.75, 3.05) is 12.4 Å². The van der Waals surface area contributed by atoms with Crippen molar-refractivity contribution in [1.29, 1.82) is 0 Å². The average molecular weight is 412 g/mol. The normalized spacial score (nSPS) is 11.7. The van der Waals surface area contributed by atoms with E-state index in [2.05, 4.69) is 10.4 Å². The Morgan fingerprint density at radius 1 is 1.21 bits per heavy atom. The highest BCUT2D eigenvalue weighted by atomic mass is 35.5. The summed E-state index contributed by atoms with van der Waals surface area (Å²) in [5, 5.41) is 7.65. The number of methoxy groups -OCH3 is 1. The maximum atomic E-state index is 13.0. The largest absolute Gasteiger partial charge is 0.497 e. The lowest BCUT2D eigenvalue weighted by atomic mass is 10.1. The molecule has 1 atom stereocenters. The van der Waals surface area contributed by atoms with Gasteiger partial charge in [0, 0.05) is 22.7 Å². The minimum absolute atomic E-state index is 0.294. The van der Waals surface area contributed by atoms with E-state index in [1.54, 1.807) is 51.3 Å². The van der Waals surface area contributed by atoms with Crippen LogP contribution in [0.5, 0.6) is 5.75 Å². The third-order valence-electron chi connectivity index (χ3n) is 4.52. The first kappa shape index (κ1) is 20.6. The summed E-state index contributed by atoms with van der Waals surface area (Å²) in [6, 6.07) is 15.3. The van der Waals surface area contributed by atoms with Gasteiger partial charge in [-0.15, -0.1) is 0 Å². The summed E-state index contributed by atoms with van der Waals surface area (Å²) in [4.78, 5) is 25.6. The van der Waals surface area contributed by atoms with Gasteiger partial charge in [-0.3, -0.25) is 9.59 Å². The molecule has 3 aromatic rings. The van der Waals surface area contributed by atoms with E-state index < -0.39 is 6.04 Å². The molecule has 1 amide bonds. The van der Waals surface area contributed by atoms with Crippen LogP contribution in [0.1, 0.15) is 29.8 Å². The number of aromatic nitrogens is 2. The first-order chi connectivity index (χ1) is 13.9. The number of aryl methyl sites for hydroxylation is 1. The quantitative estimate of drug-likeness (QED) is 0.665. The predicted octanol–water partition coefficient (Wildman–Crippen LogP) is 4.00. The molecular formula is C22H22ClN3O3. The van der Waals surface area contributed by atoms with Crippen LogP contribution in [0.25, 0.3) is 0 Å². The second-order valence-corrected chi connectivity index (χ2v) is 7.20. The Balaban J connectivity index is 1.86. The molecule has 150 valence electrons. The van der Waals surface area contributed by atoms with Crippen LogP contribution in [-0.4, -0.2) is 22.8 Å². The second kappa shape index (κ2) is 8.92. The molecule has 0 aliphatic rings. The van der Waals surface area contributed by atoms with Gasteiger partial charge in [-0.2, -0.15) is 5.10 Å². The highest BCUT2D eigenvalue weighted by Gasteiger charge is 2.20. The average Bonchev–Trinajstić information content (AvgIpc) is 2.71. The molecule has 0 fully saturated rings. The van der Waals surface area contributed by atoms with Gasteiger partial charge in [0.25, 0.3) is 5.56 Å².